The van der Waals surface area contributed by atoms with Crippen LogP contribution in [0.3, 0.4) is 0 Å². The molecule has 21 heavy (non-hydrogen) atoms. The Morgan fingerprint density at radius 1 is 1.33 bits per heavy atom. The molecular weight excluding hydrogens is 296 g/mol. The summed E-state index contributed by atoms with van der Waals surface area (Å²) < 4.78 is 4.66. The number of fused-ring (bicyclic) bond motifs is 1. The molecule has 1 aromatic carbocycles. The third-order valence-electron chi connectivity index (χ3n) is 3.86. The zero-order valence-electron chi connectivity index (χ0n) is 11.3. The van der Waals surface area contributed by atoms with E-state index in [0.29, 0.717) is 18.5 Å². The Morgan fingerprint density at radius 3 is 2.76 bits per heavy atom. The van der Waals surface area contributed by atoms with Crippen molar-refractivity contribution >= 4 is 29.5 Å². The molecule has 0 radical (unpaired) electrons. The van der Waals surface area contributed by atoms with Gasteiger partial charge in [0.15, 0.2) is 0 Å². The average molecular weight is 309 g/mol. The van der Waals surface area contributed by atoms with Gasteiger partial charge in [0.25, 0.3) is 11.8 Å². The molecule has 0 bridgehead atoms. The summed E-state index contributed by atoms with van der Waals surface area (Å²) in [7, 11) is 1.30. The van der Waals surface area contributed by atoms with E-state index < -0.39 is 12.0 Å². The Morgan fingerprint density at radius 2 is 2.10 bits per heavy atom. The number of halogens is 1. The first-order valence-electron chi connectivity index (χ1n) is 6.54. The summed E-state index contributed by atoms with van der Waals surface area (Å²) in [6.07, 6.45) is 0.0881. The largest absolute Gasteiger partial charge is 0.453 e. The Bertz CT molecular complexity index is 646. The molecule has 0 saturated carbocycles. The van der Waals surface area contributed by atoms with Crippen LogP contribution in [0.4, 0.5) is 4.79 Å². The number of hydrogen-bond donors (Lipinski definition) is 0. The number of carbonyl (C=O) groups is 3. The molecule has 1 atom stereocenters. The van der Waals surface area contributed by atoms with Crippen LogP contribution in [0.25, 0.3) is 0 Å². The van der Waals surface area contributed by atoms with Crippen molar-refractivity contribution in [2.45, 2.75) is 12.5 Å². The van der Waals surface area contributed by atoms with Crippen molar-refractivity contribution < 1.29 is 19.1 Å². The summed E-state index contributed by atoms with van der Waals surface area (Å²) >= 11 is 6.02. The van der Waals surface area contributed by atoms with Gasteiger partial charge >= 0.3 is 6.09 Å². The zero-order valence-corrected chi connectivity index (χ0v) is 12.1. The van der Waals surface area contributed by atoms with Crippen LogP contribution in [-0.2, 0) is 4.74 Å². The van der Waals surface area contributed by atoms with Crippen molar-refractivity contribution in [3.05, 3.63) is 34.3 Å². The highest BCUT2D eigenvalue weighted by molar-refractivity contribution is 6.37. The van der Waals surface area contributed by atoms with Gasteiger partial charge in [0.05, 0.1) is 29.3 Å². The van der Waals surface area contributed by atoms with Gasteiger partial charge in [-0.25, -0.2) is 4.79 Å². The number of amides is 3. The lowest BCUT2D eigenvalue weighted by Gasteiger charge is -2.22. The molecule has 1 saturated heterocycles. The third-order valence-corrected chi connectivity index (χ3v) is 4.17. The molecule has 1 aromatic rings. The highest BCUT2D eigenvalue weighted by Crippen LogP contribution is 2.32. The zero-order chi connectivity index (χ0) is 15.1. The second-order valence-electron chi connectivity index (χ2n) is 5.00. The first-order valence-corrected chi connectivity index (χ1v) is 6.91. The van der Waals surface area contributed by atoms with Gasteiger partial charge in [0, 0.05) is 13.1 Å². The minimum absolute atomic E-state index is 0.251. The lowest BCUT2D eigenvalue weighted by atomic mass is 10.1. The quantitative estimate of drug-likeness (QED) is 0.742. The van der Waals surface area contributed by atoms with Gasteiger partial charge in [-0.2, -0.15) is 0 Å². The van der Waals surface area contributed by atoms with E-state index in [1.807, 2.05) is 0 Å². The van der Waals surface area contributed by atoms with E-state index >= 15 is 0 Å². The Kier molecular flexibility index (Phi) is 3.33. The lowest BCUT2D eigenvalue weighted by Crippen LogP contribution is -2.42. The summed E-state index contributed by atoms with van der Waals surface area (Å²) in [4.78, 5) is 39.0. The average Bonchev–Trinajstić information content (AvgIpc) is 3.03. The predicted octanol–water partition coefficient (Wildman–Crippen LogP) is 1.78. The van der Waals surface area contributed by atoms with E-state index in [0.717, 1.165) is 0 Å². The fourth-order valence-corrected chi connectivity index (χ4v) is 3.10. The Labute approximate surface area is 126 Å². The van der Waals surface area contributed by atoms with E-state index in [1.165, 1.54) is 16.9 Å². The number of carbonyl (C=O) groups excluding carboxylic acids is 3. The van der Waals surface area contributed by atoms with Gasteiger partial charge in [-0.1, -0.05) is 17.7 Å². The second-order valence-corrected chi connectivity index (χ2v) is 5.41. The molecule has 1 unspecified atom stereocenters. The number of rotatable bonds is 1. The molecule has 0 aliphatic carbocycles. The summed E-state index contributed by atoms with van der Waals surface area (Å²) in [6, 6.07) is 4.48. The van der Waals surface area contributed by atoms with E-state index in [1.54, 1.807) is 18.2 Å². The first-order chi connectivity index (χ1) is 10.0. The maximum absolute atomic E-state index is 12.4. The molecule has 1 fully saturated rings. The van der Waals surface area contributed by atoms with Crippen LogP contribution in [0.2, 0.25) is 5.02 Å². The summed E-state index contributed by atoms with van der Waals surface area (Å²) in [6.45, 7) is 0.744. The smallest absolute Gasteiger partial charge is 0.409 e. The molecule has 0 spiro atoms. The first kappa shape index (κ1) is 13.9. The Balaban J connectivity index is 1.86. The van der Waals surface area contributed by atoms with Gasteiger partial charge in [-0.3, -0.25) is 14.5 Å². The summed E-state index contributed by atoms with van der Waals surface area (Å²) in [5, 5.41) is 0.274. The van der Waals surface area contributed by atoms with Crippen LogP contribution < -0.4 is 0 Å². The molecule has 7 heteroatoms. The number of hydrogen-bond acceptors (Lipinski definition) is 4. The van der Waals surface area contributed by atoms with Crippen LogP contribution in [-0.4, -0.2) is 53.9 Å². The third kappa shape index (κ3) is 2.06. The topological polar surface area (TPSA) is 66.9 Å². The monoisotopic (exact) mass is 308 g/mol. The van der Waals surface area contributed by atoms with Crippen molar-refractivity contribution in [3.8, 4) is 0 Å². The van der Waals surface area contributed by atoms with E-state index in [-0.39, 0.29) is 29.1 Å². The highest BCUT2D eigenvalue weighted by atomic mass is 35.5. The number of nitrogens with zero attached hydrogens (tertiary/aromatic N) is 2. The standard InChI is InChI=1S/C14H13ClN2O4/c1-21-14(20)16-6-5-8(7-16)17-12(18)9-3-2-4-10(15)11(9)13(17)19/h2-4,8H,5-7H2,1H3. The van der Waals surface area contributed by atoms with Gasteiger partial charge in [0.1, 0.15) is 0 Å². The van der Waals surface area contributed by atoms with Crippen LogP contribution >= 0.6 is 11.6 Å². The number of benzene rings is 1. The van der Waals surface area contributed by atoms with E-state index in [9.17, 15) is 14.4 Å². The fourth-order valence-electron chi connectivity index (χ4n) is 2.84. The lowest BCUT2D eigenvalue weighted by molar-refractivity contribution is 0.0584. The number of imide groups is 1. The van der Waals surface area contributed by atoms with E-state index in [4.69, 9.17) is 11.6 Å². The normalized spacial score (nSPS) is 21.0. The summed E-state index contributed by atoms with van der Waals surface area (Å²) in [5.74, 6) is -0.744. The number of methoxy groups -OCH3 is 1. The number of ether oxygens (including phenoxy) is 1. The summed E-state index contributed by atoms with van der Waals surface area (Å²) in [5.41, 5.74) is 0.574. The van der Waals surface area contributed by atoms with Crippen LogP contribution in [0, 0.1) is 0 Å². The number of likely N-dealkylation sites (tertiary alicyclic amines) is 1. The maximum atomic E-state index is 12.4. The fraction of sp³-hybridized carbons (Fsp3) is 0.357. The Hall–Kier alpha value is -2.08. The maximum Gasteiger partial charge on any atom is 0.409 e. The molecule has 6 nitrogen and oxygen atoms in total. The van der Waals surface area contributed by atoms with Gasteiger partial charge in [-0.15, -0.1) is 0 Å². The molecule has 3 rings (SSSR count). The molecule has 3 amide bonds. The van der Waals surface area contributed by atoms with Crippen molar-refractivity contribution in [1.82, 2.24) is 9.80 Å². The molecule has 0 aromatic heterocycles. The second kappa shape index (κ2) is 5.04. The van der Waals surface area contributed by atoms with Gasteiger partial charge in [0.2, 0.25) is 0 Å². The molecule has 2 aliphatic heterocycles. The minimum atomic E-state index is -0.452. The van der Waals surface area contributed by atoms with Crippen molar-refractivity contribution in [2.75, 3.05) is 20.2 Å². The van der Waals surface area contributed by atoms with Crippen LogP contribution in [0.15, 0.2) is 18.2 Å². The van der Waals surface area contributed by atoms with Gasteiger partial charge < -0.3 is 9.64 Å². The minimum Gasteiger partial charge on any atom is -0.453 e. The van der Waals surface area contributed by atoms with E-state index in [2.05, 4.69) is 4.74 Å². The molecule has 110 valence electrons. The molecule has 2 heterocycles. The van der Waals surface area contributed by atoms with Crippen LogP contribution in [0.1, 0.15) is 27.1 Å². The molecular formula is C14H13ClN2O4. The predicted molar refractivity (Wildman–Crippen MR) is 74.3 cm³/mol. The van der Waals surface area contributed by atoms with Crippen molar-refractivity contribution in [1.29, 1.82) is 0 Å². The molecule has 2 aliphatic rings. The SMILES string of the molecule is COC(=O)N1CCC(N2C(=O)c3cccc(Cl)c3C2=O)C1. The molecule has 0 N–H and O–H groups in total. The van der Waals surface area contributed by atoms with Crippen LogP contribution in [0.5, 0.6) is 0 Å². The van der Waals surface area contributed by atoms with Crippen molar-refractivity contribution in [3.63, 3.8) is 0 Å². The highest BCUT2D eigenvalue weighted by Gasteiger charge is 2.44. The van der Waals surface area contributed by atoms with Gasteiger partial charge in [-0.05, 0) is 18.6 Å². The van der Waals surface area contributed by atoms with Crippen molar-refractivity contribution in [2.24, 2.45) is 0 Å².